The molecule has 1 aromatic heterocycles. The molecule has 3 aromatic rings. The van der Waals surface area contributed by atoms with E-state index in [1.54, 1.807) is 49.4 Å². The molecule has 1 heterocycles. The number of oxazole rings is 1. The van der Waals surface area contributed by atoms with Gasteiger partial charge in [0.2, 0.25) is 0 Å². The smallest absolute Gasteiger partial charge is 0.255 e. The summed E-state index contributed by atoms with van der Waals surface area (Å²) >= 11 is 0. The van der Waals surface area contributed by atoms with E-state index in [1.165, 1.54) is 6.92 Å². The molecule has 0 unspecified atom stereocenters. The number of carbonyl (C=O) groups excluding carboxylic acids is 2. The fourth-order valence-electron chi connectivity index (χ4n) is 2.17. The molecule has 0 bridgehead atoms. The summed E-state index contributed by atoms with van der Waals surface area (Å²) in [6.45, 7) is 3.26. The van der Waals surface area contributed by atoms with Gasteiger partial charge in [0.1, 0.15) is 5.52 Å². The molecule has 22 heavy (non-hydrogen) atoms. The predicted octanol–water partition coefficient (Wildman–Crippen LogP) is 3.59. The molecule has 2 aromatic carbocycles. The Morgan fingerprint density at radius 1 is 1.05 bits per heavy atom. The van der Waals surface area contributed by atoms with Gasteiger partial charge in [0, 0.05) is 23.7 Å². The van der Waals surface area contributed by atoms with Crippen LogP contribution in [0, 0.1) is 6.92 Å². The molecule has 0 aliphatic rings. The number of Topliss-reactive ketones (excluding diaryl/α,β-unsaturated/α-hetero) is 1. The Kier molecular flexibility index (Phi) is 3.47. The number of nitrogens with zero attached hydrogens (tertiary/aromatic N) is 1. The highest BCUT2D eigenvalue weighted by atomic mass is 16.3. The number of carbonyl (C=O) groups is 2. The van der Waals surface area contributed by atoms with Crippen LogP contribution in [0.1, 0.15) is 33.5 Å². The van der Waals surface area contributed by atoms with Gasteiger partial charge in [0.15, 0.2) is 17.3 Å². The van der Waals surface area contributed by atoms with E-state index in [0.29, 0.717) is 28.3 Å². The molecule has 5 heteroatoms. The third kappa shape index (κ3) is 2.74. The first-order chi connectivity index (χ1) is 10.5. The molecule has 0 aliphatic heterocycles. The molecule has 110 valence electrons. The first-order valence-corrected chi connectivity index (χ1v) is 6.82. The van der Waals surface area contributed by atoms with Crippen molar-refractivity contribution < 1.29 is 14.0 Å². The Hall–Kier alpha value is -2.95. The highest BCUT2D eigenvalue weighted by molar-refractivity contribution is 6.06. The van der Waals surface area contributed by atoms with Gasteiger partial charge in [-0.1, -0.05) is 0 Å². The molecule has 0 aliphatic carbocycles. The maximum absolute atomic E-state index is 12.2. The lowest BCUT2D eigenvalue weighted by Crippen LogP contribution is -2.11. The third-order valence-corrected chi connectivity index (χ3v) is 3.31. The van der Waals surface area contributed by atoms with Gasteiger partial charge in [-0.15, -0.1) is 0 Å². The van der Waals surface area contributed by atoms with Crippen LogP contribution in [-0.4, -0.2) is 16.7 Å². The minimum atomic E-state index is -0.244. The zero-order valence-corrected chi connectivity index (χ0v) is 12.2. The number of amides is 1. The second-order valence-corrected chi connectivity index (χ2v) is 5.00. The summed E-state index contributed by atoms with van der Waals surface area (Å²) in [5, 5.41) is 2.78. The van der Waals surface area contributed by atoms with Crippen LogP contribution in [0.15, 0.2) is 46.9 Å². The molecule has 0 radical (unpaired) electrons. The van der Waals surface area contributed by atoms with Crippen LogP contribution in [0.2, 0.25) is 0 Å². The van der Waals surface area contributed by atoms with E-state index in [4.69, 9.17) is 4.42 Å². The van der Waals surface area contributed by atoms with Crippen molar-refractivity contribution in [3.8, 4) is 0 Å². The Morgan fingerprint density at radius 3 is 2.41 bits per heavy atom. The van der Waals surface area contributed by atoms with Gasteiger partial charge in [-0.3, -0.25) is 9.59 Å². The molecular weight excluding hydrogens is 280 g/mol. The molecule has 0 saturated heterocycles. The number of benzene rings is 2. The Morgan fingerprint density at radius 2 is 1.73 bits per heavy atom. The average Bonchev–Trinajstić information content (AvgIpc) is 2.86. The summed E-state index contributed by atoms with van der Waals surface area (Å²) in [6, 6.07) is 11.9. The Bertz CT molecular complexity index is 863. The number of anilines is 1. The molecule has 5 nitrogen and oxygen atoms in total. The summed E-state index contributed by atoms with van der Waals surface area (Å²) < 4.78 is 5.42. The second-order valence-electron chi connectivity index (χ2n) is 5.00. The van der Waals surface area contributed by atoms with Crippen LogP contribution in [0.25, 0.3) is 11.1 Å². The van der Waals surface area contributed by atoms with Gasteiger partial charge in [-0.05, 0) is 49.4 Å². The van der Waals surface area contributed by atoms with E-state index in [2.05, 4.69) is 10.3 Å². The molecule has 0 spiro atoms. The summed E-state index contributed by atoms with van der Waals surface area (Å²) in [5.74, 6) is 0.308. The zero-order valence-electron chi connectivity index (χ0n) is 12.2. The Balaban J connectivity index is 1.81. The quantitative estimate of drug-likeness (QED) is 0.749. The second kappa shape index (κ2) is 5.44. The van der Waals surface area contributed by atoms with E-state index < -0.39 is 0 Å². The van der Waals surface area contributed by atoms with E-state index in [9.17, 15) is 9.59 Å². The maximum Gasteiger partial charge on any atom is 0.255 e. The van der Waals surface area contributed by atoms with E-state index >= 15 is 0 Å². The van der Waals surface area contributed by atoms with Crippen molar-refractivity contribution >= 4 is 28.5 Å². The van der Waals surface area contributed by atoms with Crippen molar-refractivity contribution in [2.75, 3.05) is 5.32 Å². The number of fused-ring (bicyclic) bond motifs is 1. The topological polar surface area (TPSA) is 72.2 Å². The number of aryl methyl sites for hydroxylation is 1. The number of rotatable bonds is 3. The van der Waals surface area contributed by atoms with Gasteiger partial charge < -0.3 is 9.73 Å². The van der Waals surface area contributed by atoms with Crippen LogP contribution in [0.5, 0.6) is 0 Å². The van der Waals surface area contributed by atoms with Crippen molar-refractivity contribution in [3.63, 3.8) is 0 Å². The van der Waals surface area contributed by atoms with Crippen molar-refractivity contribution in [2.24, 2.45) is 0 Å². The molecule has 3 rings (SSSR count). The number of aromatic nitrogens is 1. The fraction of sp³-hybridized carbons (Fsp3) is 0.118. The summed E-state index contributed by atoms with van der Waals surface area (Å²) in [4.78, 5) is 27.7. The number of hydrogen-bond donors (Lipinski definition) is 1. The van der Waals surface area contributed by atoms with Crippen molar-refractivity contribution in [1.29, 1.82) is 0 Å². The van der Waals surface area contributed by atoms with Crippen molar-refractivity contribution in [3.05, 3.63) is 59.5 Å². The lowest BCUT2D eigenvalue weighted by Gasteiger charge is -2.05. The van der Waals surface area contributed by atoms with Crippen LogP contribution in [0.3, 0.4) is 0 Å². The van der Waals surface area contributed by atoms with Crippen molar-refractivity contribution in [2.45, 2.75) is 13.8 Å². The summed E-state index contributed by atoms with van der Waals surface area (Å²) in [6.07, 6.45) is 0. The SMILES string of the molecule is CC(=O)c1ccc(NC(=O)c2ccc3nc(C)oc3c2)cc1. The highest BCUT2D eigenvalue weighted by Gasteiger charge is 2.10. The van der Waals surface area contributed by atoms with E-state index in [0.717, 1.165) is 5.52 Å². The molecule has 0 fully saturated rings. The van der Waals surface area contributed by atoms with E-state index in [-0.39, 0.29) is 11.7 Å². The number of ketones is 1. The van der Waals surface area contributed by atoms with Crippen LogP contribution >= 0.6 is 0 Å². The van der Waals surface area contributed by atoms with Gasteiger partial charge in [0.25, 0.3) is 5.91 Å². The monoisotopic (exact) mass is 294 g/mol. The average molecular weight is 294 g/mol. The summed E-state index contributed by atoms with van der Waals surface area (Å²) in [5.41, 5.74) is 3.02. The normalized spacial score (nSPS) is 10.6. The lowest BCUT2D eigenvalue weighted by atomic mass is 10.1. The third-order valence-electron chi connectivity index (χ3n) is 3.31. The van der Waals surface area contributed by atoms with Crippen LogP contribution < -0.4 is 5.32 Å². The summed E-state index contributed by atoms with van der Waals surface area (Å²) in [7, 11) is 0. The van der Waals surface area contributed by atoms with E-state index in [1.807, 2.05) is 0 Å². The molecule has 0 saturated carbocycles. The molecule has 1 amide bonds. The van der Waals surface area contributed by atoms with Crippen molar-refractivity contribution in [1.82, 2.24) is 4.98 Å². The minimum absolute atomic E-state index is 0.0102. The van der Waals surface area contributed by atoms with Gasteiger partial charge >= 0.3 is 0 Å². The first-order valence-electron chi connectivity index (χ1n) is 6.82. The molecule has 1 N–H and O–H groups in total. The van der Waals surface area contributed by atoms with Gasteiger partial charge in [0.05, 0.1) is 0 Å². The molecule has 0 atom stereocenters. The predicted molar refractivity (Wildman–Crippen MR) is 83.1 cm³/mol. The molecular formula is C17H14N2O3. The van der Waals surface area contributed by atoms with Crippen LogP contribution in [0.4, 0.5) is 5.69 Å². The zero-order chi connectivity index (χ0) is 15.7. The largest absolute Gasteiger partial charge is 0.441 e. The fourth-order valence-corrected chi connectivity index (χ4v) is 2.17. The maximum atomic E-state index is 12.2. The first kappa shape index (κ1) is 14.0. The number of hydrogen-bond acceptors (Lipinski definition) is 4. The highest BCUT2D eigenvalue weighted by Crippen LogP contribution is 2.18. The number of nitrogens with one attached hydrogen (secondary N) is 1. The van der Waals surface area contributed by atoms with Crippen LogP contribution in [-0.2, 0) is 0 Å². The minimum Gasteiger partial charge on any atom is -0.441 e. The Labute approximate surface area is 127 Å². The van der Waals surface area contributed by atoms with Gasteiger partial charge in [-0.25, -0.2) is 4.98 Å². The standard InChI is InChI=1S/C17H14N2O3/c1-10(20)12-3-6-14(7-4-12)19-17(21)13-5-8-15-16(9-13)22-11(2)18-15/h3-9H,1-2H3,(H,19,21). The van der Waals surface area contributed by atoms with Gasteiger partial charge in [-0.2, -0.15) is 0 Å². The lowest BCUT2D eigenvalue weighted by molar-refractivity contribution is 0.101.